The lowest BCUT2D eigenvalue weighted by Crippen LogP contribution is -2.50. The number of halogens is 4. The average molecular weight is 507 g/mol. The molecule has 1 fully saturated rings. The van der Waals surface area contributed by atoms with E-state index in [0.717, 1.165) is 6.07 Å². The normalized spacial score (nSPS) is 14.9. The van der Waals surface area contributed by atoms with Gasteiger partial charge in [-0.25, -0.2) is 14.2 Å². The summed E-state index contributed by atoms with van der Waals surface area (Å²) in [4.78, 5) is 32.2. The first-order chi connectivity index (χ1) is 17.0. The van der Waals surface area contributed by atoms with Crippen molar-refractivity contribution in [3.63, 3.8) is 0 Å². The predicted molar refractivity (Wildman–Crippen MR) is 127 cm³/mol. The van der Waals surface area contributed by atoms with Crippen LogP contribution in [-0.2, 0) is 13.5 Å². The summed E-state index contributed by atoms with van der Waals surface area (Å²) in [5.41, 5.74) is 0.811. The zero-order valence-corrected chi connectivity index (χ0v) is 19.5. The van der Waals surface area contributed by atoms with Gasteiger partial charge in [0.25, 0.3) is 5.56 Å². The number of carboxylic acid groups (broad SMARTS) is 1. The van der Waals surface area contributed by atoms with Gasteiger partial charge in [-0.3, -0.25) is 14.3 Å². The minimum Gasteiger partial charge on any atom is -0.478 e. The van der Waals surface area contributed by atoms with E-state index in [-0.39, 0.29) is 50.1 Å². The van der Waals surface area contributed by atoms with E-state index in [1.165, 1.54) is 28.6 Å². The number of alkyl halides is 3. The van der Waals surface area contributed by atoms with Gasteiger partial charge in [0, 0.05) is 45.5 Å². The summed E-state index contributed by atoms with van der Waals surface area (Å²) in [7, 11) is 1.50. The molecule has 8 nitrogen and oxygen atoms in total. The quantitative estimate of drug-likeness (QED) is 0.475. The van der Waals surface area contributed by atoms with Crippen LogP contribution in [0.15, 0.2) is 41.2 Å². The van der Waals surface area contributed by atoms with Gasteiger partial charge in [0.05, 0.1) is 23.0 Å². The zero-order chi connectivity index (χ0) is 26.0. The predicted octanol–water partition coefficient (Wildman–Crippen LogP) is 3.11. The minimum atomic E-state index is -4.28. The molecule has 192 valence electrons. The highest BCUT2D eigenvalue weighted by atomic mass is 19.4. The van der Waals surface area contributed by atoms with E-state index >= 15 is 0 Å². The molecule has 3 aromatic rings. The summed E-state index contributed by atoms with van der Waals surface area (Å²) in [5.74, 6) is -1.38. The lowest BCUT2D eigenvalue weighted by Gasteiger charge is -2.36. The molecule has 1 aromatic heterocycles. The first kappa shape index (κ1) is 25.4. The third-order valence-electron chi connectivity index (χ3n) is 6.13. The summed E-state index contributed by atoms with van der Waals surface area (Å²) >= 11 is 0. The van der Waals surface area contributed by atoms with Gasteiger partial charge in [0.15, 0.2) is 0 Å². The molecule has 0 amide bonds. The van der Waals surface area contributed by atoms with Crippen molar-refractivity contribution in [3.8, 4) is 0 Å². The van der Waals surface area contributed by atoms with E-state index in [0.29, 0.717) is 22.7 Å². The first-order valence-corrected chi connectivity index (χ1v) is 11.3. The van der Waals surface area contributed by atoms with Crippen LogP contribution in [0.4, 0.5) is 29.2 Å². The minimum absolute atomic E-state index is 0.0953. The second-order valence-electron chi connectivity index (χ2n) is 8.64. The van der Waals surface area contributed by atoms with Gasteiger partial charge in [-0.05, 0) is 36.2 Å². The van der Waals surface area contributed by atoms with E-state index in [9.17, 15) is 32.3 Å². The maximum absolute atomic E-state index is 14.4. The van der Waals surface area contributed by atoms with Gasteiger partial charge < -0.3 is 15.3 Å². The highest BCUT2D eigenvalue weighted by Crippen LogP contribution is 2.23. The van der Waals surface area contributed by atoms with E-state index < -0.39 is 30.1 Å². The summed E-state index contributed by atoms with van der Waals surface area (Å²) in [6.07, 6.45) is -4.03. The number of fused-ring (bicyclic) bond motifs is 1. The number of piperazine rings is 1. The Kier molecular flexibility index (Phi) is 7.16. The lowest BCUT2D eigenvalue weighted by atomic mass is 10.1. The Labute approximate surface area is 203 Å². The molecule has 0 unspecified atom stereocenters. The molecular weight excluding hydrogens is 482 g/mol. The Morgan fingerprint density at radius 3 is 2.50 bits per heavy atom. The van der Waals surface area contributed by atoms with Crippen molar-refractivity contribution < 1.29 is 27.5 Å². The lowest BCUT2D eigenvalue weighted by molar-refractivity contribution is -0.146. The number of rotatable bonds is 7. The highest BCUT2D eigenvalue weighted by molar-refractivity contribution is 5.94. The van der Waals surface area contributed by atoms with Gasteiger partial charge in [-0.15, -0.1) is 0 Å². The number of hydrogen-bond donors (Lipinski definition) is 2. The SMILES string of the molecule is Cn1c(N2CCN(CC(F)(F)F)CC2)nc2c(CCNc3ccccc3C(=O)O)cc(F)cc2c1=O. The third kappa shape index (κ3) is 5.59. The molecule has 1 saturated heterocycles. The summed E-state index contributed by atoms with van der Waals surface area (Å²) in [5, 5.41) is 12.5. The molecule has 0 atom stereocenters. The maximum Gasteiger partial charge on any atom is 0.401 e. The number of carboxylic acids is 1. The molecule has 1 aliphatic rings. The van der Waals surface area contributed by atoms with Gasteiger partial charge in [-0.1, -0.05) is 12.1 Å². The van der Waals surface area contributed by atoms with Crippen molar-refractivity contribution in [1.82, 2.24) is 14.5 Å². The van der Waals surface area contributed by atoms with E-state index in [1.807, 2.05) is 0 Å². The highest BCUT2D eigenvalue weighted by Gasteiger charge is 2.32. The van der Waals surface area contributed by atoms with Crippen LogP contribution in [0.3, 0.4) is 0 Å². The van der Waals surface area contributed by atoms with Crippen LogP contribution >= 0.6 is 0 Å². The molecule has 0 spiro atoms. The van der Waals surface area contributed by atoms with Crippen molar-refractivity contribution in [3.05, 3.63) is 63.7 Å². The number of nitrogens with one attached hydrogen (secondary N) is 1. The number of para-hydroxylation sites is 1. The molecule has 2 aromatic carbocycles. The Hall–Kier alpha value is -3.67. The Bertz CT molecular complexity index is 1330. The number of benzene rings is 2. The van der Waals surface area contributed by atoms with Gasteiger partial charge in [0.2, 0.25) is 5.95 Å². The standard InChI is InChI=1S/C24H25F4N5O3/c1-31-21(34)18-13-16(25)12-15(6-7-29-19-5-3-2-4-17(19)22(35)36)20(18)30-23(31)33-10-8-32(9-11-33)14-24(26,27)28/h2-5,12-13,29H,6-11,14H2,1H3,(H,35,36). The molecule has 0 bridgehead atoms. The number of anilines is 2. The van der Waals surface area contributed by atoms with Crippen molar-refractivity contribution in [2.75, 3.05) is 49.5 Å². The third-order valence-corrected chi connectivity index (χ3v) is 6.13. The maximum atomic E-state index is 14.4. The largest absolute Gasteiger partial charge is 0.478 e. The summed E-state index contributed by atoms with van der Waals surface area (Å²) < 4.78 is 53.8. The van der Waals surface area contributed by atoms with Crippen LogP contribution < -0.4 is 15.8 Å². The molecule has 0 aliphatic carbocycles. The van der Waals surface area contributed by atoms with E-state index in [4.69, 9.17) is 0 Å². The van der Waals surface area contributed by atoms with Gasteiger partial charge in [-0.2, -0.15) is 13.2 Å². The topological polar surface area (TPSA) is 90.7 Å². The van der Waals surface area contributed by atoms with E-state index in [1.54, 1.807) is 23.1 Å². The molecule has 0 saturated carbocycles. The van der Waals surface area contributed by atoms with Crippen molar-refractivity contribution >= 4 is 28.5 Å². The Balaban J connectivity index is 1.59. The number of hydrogen-bond acceptors (Lipinski definition) is 6. The van der Waals surface area contributed by atoms with Crippen LogP contribution in [0.1, 0.15) is 15.9 Å². The van der Waals surface area contributed by atoms with Gasteiger partial charge in [0.1, 0.15) is 5.82 Å². The van der Waals surface area contributed by atoms with Crippen LogP contribution in [0.2, 0.25) is 0 Å². The summed E-state index contributed by atoms with van der Waals surface area (Å²) in [6, 6.07) is 8.79. The zero-order valence-electron chi connectivity index (χ0n) is 19.5. The average Bonchev–Trinajstić information content (AvgIpc) is 2.81. The fraction of sp³-hybridized carbons (Fsp3) is 0.375. The fourth-order valence-electron chi connectivity index (χ4n) is 4.39. The Morgan fingerprint density at radius 2 is 1.83 bits per heavy atom. The number of aromatic nitrogens is 2. The van der Waals surface area contributed by atoms with Gasteiger partial charge >= 0.3 is 12.1 Å². The molecule has 2 heterocycles. The Morgan fingerprint density at radius 1 is 1.14 bits per heavy atom. The molecule has 1 aliphatic heterocycles. The summed E-state index contributed by atoms with van der Waals surface area (Å²) in [6.45, 7) is 0.0998. The number of nitrogens with zero attached hydrogens (tertiary/aromatic N) is 4. The second kappa shape index (κ2) is 10.1. The van der Waals surface area contributed by atoms with E-state index in [2.05, 4.69) is 10.3 Å². The number of carbonyl (C=O) groups is 1. The molecule has 12 heteroatoms. The molecular formula is C24H25F4N5O3. The monoisotopic (exact) mass is 507 g/mol. The molecule has 0 radical (unpaired) electrons. The van der Waals surface area contributed by atoms with Crippen molar-refractivity contribution in [2.45, 2.75) is 12.6 Å². The van der Waals surface area contributed by atoms with Crippen LogP contribution in [0, 0.1) is 5.82 Å². The molecule has 36 heavy (non-hydrogen) atoms. The second-order valence-corrected chi connectivity index (χ2v) is 8.64. The number of aromatic carboxylic acids is 1. The molecule has 2 N–H and O–H groups in total. The van der Waals surface area contributed by atoms with Crippen LogP contribution in [-0.4, -0.2) is 71.0 Å². The van der Waals surface area contributed by atoms with Crippen molar-refractivity contribution in [2.24, 2.45) is 7.05 Å². The van der Waals surface area contributed by atoms with Crippen LogP contribution in [0.25, 0.3) is 10.9 Å². The molecule has 4 rings (SSSR count). The fourth-order valence-corrected chi connectivity index (χ4v) is 4.39. The first-order valence-electron chi connectivity index (χ1n) is 11.3. The van der Waals surface area contributed by atoms with Crippen LogP contribution in [0.5, 0.6) is 0 Å². The smallest absolute Gasteiger partial charge is 0.401 e. The van der Waals surface area contributed by atoms with Crippen molar-refractivity contribution in [1.29, 1.82) is 0 Å².